The van der Waals surface area contributed by atoms with Gasteiger partial charge in [-0.15, -0.1) is 5.10 Å². The third-order valence-electron chi connectivity index (χ3n) is 7.05. The van der Waals surface area contributed by atoms with Gasteiger partial charge in [-0.25, -0.2) is 4.68 Å². The van der Waals surface area contributed by atoms with E-state index in [0.717, 1.165) is 51.6 Å². The Balaban J connectivity index is 1.32. The molecule has 3 aromatic carbocycles. The zero-order valence-corrected chi connectivity index (χ0v) is 26.6. The number of hydrogen-bond donors (Lipinski definition) is 0. The molecule has 0 amide bonds. The molecular weight excluding hydrogens is 582 g/mol. The van der Waals surface area contributed by atoms with Crippen molar-refractivity contribution in [3.05, 3.63) is 116 Å². The van der Waals surface area contributed by atoms with Crippen LogP contribution in [-0.2, 0) is 0 Å². The minimum absolute atomic E-state index is 0.216. The summed E-state index contributed by atoms with van der Waals surface area (Å²) in [5.41, 5.74) is 5.26. The fourth-order valence-electron chi connectivity index (χ4n) is 4.77. The van der Waals surface area contributed by atoms with Gasteiger partial charge in [-0.1, -0.05) is 68.5 Å². The summed E-state index contributed by atoms with van der Waals surface area (Å²) in [6, 6.07) is 23.9. The van der Waals surface area contributed by atoms with E-state index < -0.39 is 0 Å². The largest absolute Gasteiger partial charge is 0.494 e. The van der Waals surface area contributed by atoms with E-state index in [0.29, 0.717) is 34.4 Å². The van der Waals surface area contributed by atoms with Crippen LogP contribution in [0.2, 0.25) is 0 Å². The minimum Gasteiger partial charge on any atom is -0.494 e. The Morgan fingerprint density at radius 2 is 1.76 bits per heavy atom. The highest BCUT2D eigenvalue weighted by Gasteiger charge is 2.15. The van der Waals surface area contributed by atoms with Crippen molar-refractivity contribution >= 4 is 34.5 Å². The predicted octanol–water partition coefficient (Wildman–Crippen LogP) is 6.85. The van der Waals surface area contributed by atoms with Crippen LogP contribution >= 0.6 is 11.3 Å². The molecule has 45 heavy (non-hydrogen) atoms. The number of benzene rings is 3. The lowest BCUT2D eigenvalue weighted by Crippen LogP contribution is -2.23. The Morgan fingerprint density at radius 3 is 2.47 bits per heavy atom. The number of nitrogens with zero attached hydrogens (tertiary/aromatic N) is 5. The third-order valence-corrected chi connectivity index (χ3v) is 8.01. The van der Waals surface area contributed by atoms with Crippen LogP contribution < -0.4 is 19.6 Å². The van der Waals surface area contributed by atoms with Crippen molar-refractivity contribution in [2.75, 3.05) is 13.2 Å². The van der Waals surface area contributed by atoms with Gasteiger partial charge >= 0.3 is 0 Å². The van der Waals surface area contributed by atoms with E-state index in [2.05, 4.69) is 36.9 Å². The summed E-state index contributed by atoms with van der Waals surface area (Å²) in [4.78, 5) is 18.6. The summed E-state index contributed by atoms with van der Waals surface area (Å²) < 4.78 is 15.4. The maximum atomic E-state index is 13.5. The topological polar surface area (TPSA) is 83.5 Å². The fraction of sp³-hybridized carbons (Fsp3) is 0.222. The number of fused-ring (bicyclic) bond motifs is 1. The molecule has 228 valence electrons. The van der Waals surface area contributed by atoms with Crippen molar-refractivity contribution in [3.63, 3.8) is 0 Å². The maximum absolute atomic E-state index is 13.5. The van der Waals surface area contributed by atoms with Gasteiger partial charge in [0.1, 0.15) is 17.2 Å². The molecule has 3 aromatic heterocycles. The van der Waals surface area contributed by atoms with Crippen LogP contribution in [0.3, 0.4) is 0 Å². The molecule has 0 atom stereocenters. The van der Waals surface area contributed by atoms with Crippen LogP contribution in [0, 0.1) is 12.8 Å². The highest BCUT2D eigenvalue weighted by Crippen LogP contribution is 2.29. The van der Waals surface area contributed by atoms with E-state index in [9.17, 15) is 4.79 Å². The molecule has 0 saturated carbocycles. The number of aryl methyl sites for hydroxylation is 1. The minimum atomic E-state index is -0.216. The van der Waals surface area contributed by atoms with Crippen molar-refractivity contribution < 1.29 is 9.47 Å². The molecule has 0 saturated heterocycles. The first-order chi connectivity index (χ1) is 21.9. The lowest BCUT2D eigenvalue weighted by atomic mass is 10.0. The van der Waals surface area contributed by atoms with Gasteiger partial charge in [0.05, 0.1) is 23.4 Å². The molecule has 0 radical (unpaired) electrons. The molecule has 0 N–H and O–H groups in total. The summed E-state index contributed by atoms with van der Waals surface area (Å²) in [6.45, 7) is 9.73. The summed E-state index contributed by atoms with van der Waals surface area (Å²) in [6.07, 6.45) is 8.52. The number of thiazole rings is 1. The van der Waals surface area contributed by atoms with Gasteiger partial charge in [-0.3, -0.25) is 4.79 Å². The lowest BCUT2D eigenvalue weighted by Gasteiger charge is -2.12. The molecular formula is C36H35N5O3S. The Kier molecular flexibility index (Phi) is 8.89. The molecule has 0 spiro atoms. The van der Waals surface area contributed by atoms with Gasteiger partial charge < -0.3 is 9.47 Å². The third kappa shape index (κ3) is 6.89. The van der Waals surface area contributed by atoms with Crippen LogP contribution in [0.1, 0.15) is 49.7 Å². The second-order valence-electron chi connectivity index (χ2n) is 11.2. The fourth-order valence-corrected chi connectivity index (χ4v) is 5.68. The Bertz CT molecular complexity index is 2060. The van der Waals surface area contributed by atoms with Crippen molar-refractivity contribution in [1.82, 2.24) is 24.4 Å². The summed E-state index contributed by atoms with van der Waals surface area (Å²) in [7, 11) is 0. The van der Waals surface area contributed by atoms with Crippen LogP contribution in [0.15, 0.2) is 83.8 Å². The molecule has 8 nitrogen and oxygen atoms in total. The average molecular weight is 618 g/mol. The second kappa shape index (κ2) is 13.3. The quantitative estimate of drug-likeness (QED) is 0.158. The molecule has 0 aliphatic rings. The highest BCUT2D eigenvalue weighted by atomic mass is 32.1. The van der Waals surface area contributed by atoms with E-state index in [-0.39, 0.29) is 5.56 Å². The molecule has 3 heterocycles. The average Bonchev–Trinajstić information content (AvgIpc) is 3.73. The number of ether oxygens (including phenoxy) is 2. The van der Waals surface area contributed by atoms with Gasteiger partial charge in [0, 0.05) is 17.3 Å². The summed E-state index contributed by atoms with van der Waals surface area (Å²) in [5, 5.41) is 9.41. The van der Waals surface area contributed by atoms with Crippen molar-refractivity contribution in [2.24, 2.45) is 5.92 Å². The monoisotopic (exact) mass is 617 g/mol. The molecule has 6 rings (SSSR count). The number of rotatable bonds is 11. The molecule has 0 aliphatic carbocycles. The molecule has 6 aromatic rings. The van der Waals surface area contributed by atoms with Crippen molar-refractivity contribution in [2.45, 2.75) is 34.1 Å². The zero-order valence-electron chi connectivity index (χ0n) is 25.8. The van der Waals surface area contributed by atoms with Crippen LogP contribution in [-0.4, -0.2) is 37.6 Å². The van der Waals surface area contributed by atoms with Crippen LogP contribution in [0.4, 0.5) is 0 Å². The Hall–Kier alpha value is -5.02. The standard InChI is InChI=1S/C36H35N5O3S/c1-5-19-43-30-15-11-26(12-16-30)13-18-33-37-36-41(38-33)35(42)32(45-36)21-28-22-40(29-9-7-6-8-10-29)39-34(28)27-14-17-31(25(4)20-27)44-23-24(2)3/h6-18,20-22,24H,5,19,23H2,1-4H3/b18-13+,32-21-. The Morgan fingerprint density at radius 1 is 0.956 bits per heavy atom. The first kappa shape index (κ1) is 30.0. The van der Waals surface area contributed by atoms with Gasteiger partial charge in [0.15, 0.2) is 5.82 Å². The number of hydrogen-bond acceptors (Lipinski definition) is 7. The zero-order chi connectivity index (χ0) is 31.3. The predicted molar refractivity (Wildman–Crippen MR) is 181 cm³/mol. The van der Waals surface area contributed by atoms with Crippen LogP contribution in [0.5, 0.6) is 11.5 Å². The molecule has 0 fully saturated rings. The van der Waals surface area contributed by atoms with Gasteiger partial charge in [0.25, 0.3) is 5.56 Å². The summed E-state index contributed by atoms with van der Waals surface area (Å²) in [5.74, 6) is 2.61. The highest BCUT2D eigenvalue weighted by molar-refractivity contribution is 7.15. The van der Waals surface area contributed by atoms with Crippen molar-refractivity contribution in [1.29, 1.82) is 0 Å². The van der Waals surface area contributed by atoms with E-state index in [1.807, 2.05) is 103 Å². The van der Waals surface area contributed by atoms with E-state index >= 15 is 0 Å². The second-order valence-corrected chi connectivity index (χ2v) is 12.2. The van der Waals surface area contributed by atoms with E-state index in [4.69, 9.17) is 14.6 Å². The lowest BCUT2D eigenvalue weighted by molar-refractivity contribution is 0.269. The maximum Gasteiger partial charge on any atom is 0.291 e. The van der Waals surface area contributed by atoms with Gasteiger partial charge in [-0.2, -0.15) is 14.6 Å². The van der Waals surface area contributed by atoms with E-state index in [1.54, 1.807) is 0 Å². The van der Waals surface area contributed by atoms with E-state index in [1.165, 1.54) is 15.9 Å². The SMILES string of the molecule is CCCOc1ccc(/C=C/c2nc3s/c(=C\c4cn(-c5ccccc5)nc4-c4ccc(OCC(C)C)c(C)c4)c(=O)n3n2)cc1. The van der Waals surface area contributed by atoms with Gasteiger partial charge in [0.2, 0.25) is 4.96 Å². The summed E-state index contributed by atoms with van der Waals surface area (Å²) >= 11 is 1.31. The molecule has 9 heteroatoms. The number of para-hydroxylation sites is 1. The Labute approximate surface area is 265 Å². The number of aromatic nitrogens is 5. The first-order valence-electron chi connectivity index (χ1n) is 15.1. The molecule has 0 bridgehead atoms. The van der Waals surface area contributed by atoms with Crippen molar-refractivity contribution in [3.8, 4) is 28.4 Å². The molecule has 0 aliphatic heterocycles. The first-order valence-corrected chi connectivity index (χ1v) is 15.9. The van der Waals surface area contributed by atoms with Gasteiger partial charge in [-0.05, 0) is 85.0 Å². The molecule has 0 unspecified atom stereocenters. The normalized spacial score (nSPS) is 12.2. The smallest absolute Gasteiger partial charge is 0.291 e. The van der Waals surface area contributed by atoms with Crippen LogP contribution in [0.25, 0.3) is 40.1 Å².